The summed E-state index contributed by atoms with van der Waals surface area (Å²) in [5, 5.41) is 16.7. The van der Waals surface area contributed by atoms with E-state index >= 15 is 0 Å². The van der Waals surface area contributed by atoms with Crippen LogP contribution in [0.3, 0.4) is 0 Å². The minimum absolute atomic E-state index is 0.111. The van der Waals surface area contributed by atoms with Gasteiger partial charge >= 0.3 is 5.97 Å². The fourth-order valence-electron chi connectivity index (χ4n) is 1.32. The first-order chi connectivity index (χ1) is 8.28. The van der Waals surface area contributed by atoms with Crippen LogP contribution in [-0.2, 0) is 10.0 Å². The zero-order valence-electron chi connectivity index (χ0n) is 9.39. The first-order valence-electron chi connectivity index (χ1n) is 5.06. The summed E-state index contributed by atoms with van der Waals surface area (Å²) in [4.78, 5) is 10.8. The van der Waals surface area contributed by atoms with Gasteiger partial charge in [-0.05, 0) is 24.6 Å². The Labute approximate surface area is 113 Å². The van der Waals surface area contributed by atoms with Crippen LogP contribution in [0.1, 0.15) is 16.8 Å². The zero-order valence-corrected chi connectivity index (χ0v) is 11.8. The number of aromatic carboxylic acids is 1. The van der Waals surface area contributed by atoms with Crippen LogP contribution in [0.15, 0.2) is 22.7 Å². The van der Waals surface area contributed by atoms with Crippen molar-refractivity contribution >= 4 is 37.6 Å². The molecule has 0 bridgehead atoms. The lowest BCUT2D eigenvalue weighted by atomic mass is 10.2. The Morgan fingerprint density at radius 3 is 2.61 bits per heavy atom. The lowest BCUT2D eigenvalue weighted by Crippen LogP contribution is -2.18. The summed E-state index contributed by atoms with van der Waals surface area (Å²) in [5.74, 6) is -1.14. The smallest absolute Gasteiger partial charge is 0.335 e. The molecular formula is C10H13BrN2O4S. The van der Waals surface area contributed by atoms with Crippen LogP contribution in [0, 0.1) is 0 Å². The maximum Gasteiger partial charge on any atom is 0.335 e. The molecular weight excluding hydrogens is 324 g/mol. The molecule has 18 heavy (non-hydrogen) atoms. The summed E-state index contributed by atoms with van der Waals surface area (Å²) in [6, 6.07) is 4.67. The van der Waals surface area contributed by atoms with Crippen LogP contribution in [-0.4, -0.2) is 31.8 Å². The molecule has 0 spiro atoms. The number of nitrogens with one attached hydrogen (secondary N) is 1. The first-order valence-corrected chi connectivity index (χ1v) is 7.57. The van der Waals surface area contributed by atoms with Crippen LogP contribution in [0.5, 0.6) is 0 Å². The Morgan fingerprint density at radius 1 is 1.39 bits per heavy atom. The largest absolute Gasteiger partial charge is 0.478 e. The van der Waals surface area contributed by atoms with E-state index < -0.39 is 16.0 Å². The normalized spacial score (nSPS) is 11.2. The number of primary sulfonamides is 1. The number of anilines is 1. The number of nitrogens with two attached hydrogens (primary N) is 1. The minimum atomic E-state index is -3.45. The average Bonchev–Trinajstić information content (AvgIpc) is 2.22. The van der Waals surface area contributed by atoms with Gasteiger partial charge in [-0.25, -0.2) is 18.4 Å². The van der Waals surface area contributed by atoms with E-state index in [0.29, 0.717) is 23.1 Å². The van der Waals surface area contributed by atoms with E-state index in [1.165, 1.54) is 12.1 Å². The van der Waals surface area contributed by atoms with E-state index in [9.17, 15) is 13.2 Å². The monoisotopic (exact) mass is 336 g/mol. The zero-order chi connectivity index (χ0) is 13.8. The average molecular weight is 337 g/mol. The molecule has 0 saturated heterocycles. The summed E-state index contributed by atoms with van der Waals surface area (Å²) in [6.07, 6.45) is 0.355. The van der Waals surface area contributed by atoms with Crippen LogP contribution in [0.4, 0.5) is 5.69 Å². The van der Waals surface area contributed by atoms with Gasteiger partial charge in [-0.15, -0.1) is 0 Å². The van der Waals surface area contributed by atoms with Crippen molar-refractivity contribution in [2.75, 3.05) is 17.6 Å². The Bertz CT molecular complexity index is 545. The molecule has 0 atom stereocenters. The molecule has 0 aliphatic rings. The second-order valence-electron chi connectivity index (χ2n) is 3.68. The third-order valence-electron chi connectivity index (χ3n) is 2.08. The van der Waals surface area contributed by atoms with Crippen LogP contribution in [0.25, 0.3) is 0 Å². The number of hydrogen-bond acceptors (Lipinski definition) is 4. The molecule has 0 saturated carbocycles. The first kappa shape index (κ1) is 14.9. The number of benzene rings is 1. The number of carboxylic acid groups (broad SMARTS) is 1. The predicted molar refractivity (Wildman–Crippen MR) is 72.2 cm³/mol. The molecule has 100 valence electrons. The SMILES string of the molecule is NS(=O)(=O)CCCNc1cc(Br)cc(C(=O)O)c1. The summed E-state index contributed by atoms with van der Waals surface area (Å²) < 4.78 is 22.0. The van der Waals surface area contributed by atoms with E-state index in [2.05, 4.69) is 21.2 Å². The second-order valence-corrected chi connectivity index (χ2v) is 6.33. The molecule has 1 rings (SSSR count). The van der Waals surface area contributed by atoms with E-state index in [1.54, 1.807) is 6.07 Å². The number of carbonyl (C=O) groups is 1. The van der Waals surface area contributed by atoms with Crippen LogP contribution >= 0.6 is 15.9 Å². The third kappa shape index (κ3) is 5.48. The van der Waals surface area contributed by atoms with Crippen molar-refractivity contribution in [2.24, 2.45) is 5.14 Å². The van der Waals surface area contributed by atoms with Gasteiger partial charge in [0.1, 0.15) is 0 Å². The van der Waals surface area contributed by atoms with E-state index in [-0.39, 0.29) is 11.3 Å². The van der Waals surface area contributed by atoms with Crippen LogP contribution in [0.2, 0.25) is 0 Å². The highest BCUT2D eigenvalue weighted by molar-refractivity contribution is 9.10. The van der Waals surface area contributed by atoms with E-state index in [0.717, 1.165) is 0 Å². The molecule has 1 aromatic carbocycles. The van der Waals surface area contributed by atoms with Crippen molar-refractivity contribution in [2.45, 2.75) is 6.42 Å². The molecule has 0 unspecified atom stereocenters. The van der Waals surface area contributed by atoms with Gasteiger partial charge < -0.3 is 10.4 Å². The molecule has 0 amide bonds. The van der Waals surface area contributed by atoms with E-state index in [1.807, 2.05) is 0 Å². The lowest BCUT2D eigenvalue weighted by molar-refractivity contribution is 0.0697. The Hall–Kier alpha value is -1.12. The molecule has 1 aromatic rings. The van der Waals surface area contributed by atoms with Gasteiger partial charge in [0.05, 0.1) is 11.3 Å². The summed E-state index contributed by atoms with van der Waals surface area (Å²) >= 11 is 3.20. The highest BCUT2D eigenvalue weighted by Gasteiger charge is 2.06. The highest BCUT2D eigenvalue weighted by Crippen LogP contribution is 2.19. The van der Waals surface area contributed by atoms with Crippen molar-refractivity contribution < 1.29 is 18.3 Å². The molecule has 0 aliphatic carbocycles. The maximum atomic E-state index is 10.8. The predicted octanol–water partition coefficient (Wildman–Crippen LogP) is 1.24. The molecule has 0 fully saturated rings. The second kappa shape index (κ2) is 6.17. The summed E-state index contributed by atoms with van der Waals surface area (Å²) in [6.45, 7) is 0.395. The fourth-order valence-corrected chi connectivity index (χ4v) is 2.36. The topological polar surface area (TPSA) is 109 Å². The Kier molecular flexibility index (Phi) is 5.12. The number of halogens is 1. The van der Waals surface area contributed by atoms with Gasteiger partial charge in [0.2, 0.25) is 10.0 Å². The standard InChI is InChI=1S/C10H13BrN2O4S/c11-8-4-7(10(14)15)5-9(6-8)13-2-1-3-18(12,16)17/h4-6,13H,1-3H2,(H,14,15)(H2,12,16,17). The van der Waals surface area contributed by atoms with Gasteiger partial charge in [0.15, 0.2) is 0 Å². The Morgan fingerprint density at radius 2 is 2.06 bits per heavy atom. The molecule has 8 heteroatoms. The molecule has 0 aromatic heterocycles. The van der Waals surface area contributed by atoms with Crippen LogP contribution < -0.4 is 10.5 Å². The molecule has 0 aliphatic heterocycles. The van der Waals surface area contributed by atoms with Crippen molar-refractivity contribution in [3.8, 4) is 0 Å². The number of carboxylic acids is 1. The molecule has 4 N–H and O–H groups in total. The molecule has 0 heterocycles. The highest BCUT2D eigenvalue weighted by atomic mass is 79.9. The van der Waals surface area contributed by atoms with Gasteiger partial charge in [0.25, 0.3) is 0 Å². The third-order valence-corrected chi connectivity index (χ3v) is 3.40. The van der Waals surface area contributed by atoms with Gasteiger partial charge in [0, 0.05) is 16.7 Å². The minimum Gasteiger partial charge on any atom is -0.478 e. The van der Waals surface area contributed by atoms with Crippen molar-refractivity contribution in [1.29, 1.82) is 0 Å². The van der Waals surface area contributed by atoms with E-state index in [4.69, 9.17) is 10.2 Å². The van der Waals surface area contributed by atoms with Crippen molar-refractivity contribution in [3.63, 3.8) is 0 Å². The summed E-state index contributed by atoms with van der Waals surface area (Å²) in [5.41, 5.74) is 0.759. The number of rotatable bonds is 6. The fraction of sp³-hybridized carbons (Fsp3) is 0.300. The summed E-state index contributed by atoms with van der Waals surface area (Å²) in [7, 11) is -3.45. The quantitative estimate of drug-likeness (QED) is 0.677. The molecule has 6 nitrogen and oxygen atoms in total. The van der Waals surface area contributed by atoms with Gasteiger partial charge in [-0.1, -0.05) is 15.9 Å². The van der Waals surface area contributed by atoms with Gasteiger partial charge in [-0.3, -0.25) is 0 Å². The Balaban J connectivity index is 2.60. The number of sulfonamides is 1. The number of hydrogen-bond donors (Lipinski definition) is 3. The molecule has 0 radical (unpaired) electrons. The lowest BCUT2D eigenvalue weighted by Gasteiger charge is -2.07. The maximum absolute atomic E-state index is 10.8. The van der Waals surface area contributed by atoms with Gasteiger partial charge in [-0.2, -0.15) is 0 Å². The van der Waals surface area contributed by atoms with Crippen molar-refractivity contribution in [3.05, 3.63) is 28.2 Å². The van der Waals surface area contributed by atoms with Crippen molar-refractivity contribution in [1.82, 2.24) is 0 Å².